The zero-order valence-electron chi connectivity index (χ0n) is 12.0. The number of hydrogen-bond acceptors (Lipinski definition) is 3. The Morgan fingerprint density at radius 1 is 1.23 bits per heavy atom. The third kappa shape index (κ3) is 2.93. The zero-order valence-corrected chi connectivity index (χ0v) is 12.0. The predicted molar refractivity (Wildman–Crippen MR) is 82.5 cm³/mol. The summed E-state index contributed by atoms with van der Waals surface area (Å²) in [7, 11) is 0. The zero-order chi connectivity index (χ0) is 15.5. The maximum absolute atomic E-state index is 13.1. The number of carbonyl (C=O) groups excluding carboxylic acids is 1. The molecule has 0 unspecified atom stereocenters. The van der Waals surface area contributed by atoms with Gasteiger partial charge >= 0.3 is 0 Å². The summed E-state index contributed by atoms with van der Waals surface area (Å²) in [6, 6.07) is 11.9. The highest BCUT2D eigenvalue weighted by Crippen LogP contribution is 2.27. The molecule has 1 aromatic carbocycles. The van der Waals surface area contributed by atoms with Crippen molar-refractivity contribution in [2.45, 2.75) is 13.5 Å². The van der Waals surface area contributed by atoms with Gasteiger partial charge in [0, 0.05) is 18.5 Å². The molecule has 5 heteroatoms. The average molecular weight is 295 g/mol. The van der Waals surface area contributed by atoms with Crippen LogP contribution >= 0.6 is 0 Å². The summed E-state index contributed by atoms with van der Waals surface area (Å²) >= 11 is 0. The van der Waals surface area contributed by atoms with Crippen molar-refractivity contribution >= 4 is 16.9 Å². The smallest absolute Gasteiger partial charge is 0.217 e. The van der Waals surface area contributed by atoms with E-state index in [1.54, 1.807) is 18.3 Å². The van der Waals surface area contributed by atoms with Crippen LogP contribution < -0.4 is 5.32 Å². The molecule has 0 spiro atoms. The number of nitrogens with one attached hydrogen (secondary N) is 1. The Morgan fingerprint density at radius 3 is 2.73 bits per heavy atom. The lowest BCUT2D eigenvalue weighted by molar-refractivity contribution is -0.119. The number of fused-ring (bicyclic) bond motifs is 1. The van der Waals surface area contributed by atoms with E-state index in [4.69, 9.17) is 0 Å². The SMILES string of the molecule is CC(=O)NCc1cc(-c2ccc(F)cc2)c2cccnc2n1. The molecule has 0 radical (unpaired) electrons. The van der Waals surface area contributed by atoms with Crippen LogP contribution in [0.4, 0.5) is 4.39 Å². The van der Waals surface area contributed by atoms with Crippen molar-refractivity contribution < 1.29 is 9.18 Å². The molecular weight excluding hydrogens is 281 g/mol. The number of rotatable bonds is 3. The average Bonchev–Trinajstić information content (AvgIpc) is 2.53. The van der Waals surface area contributed by atoms with Crippen molar-refractivity contribution in [2.24, 2.45) is 0 Å². The molecule has 0 fully saturated rings. The summed E-state index contributed by atoms with van der Waals surface area (Å²) in [5.41, 5.74) is 3.11. The van der Waals surface area contributed by atoms with Crippen LogP contribution in [-0.4, -0.2) is 15.9 Å². The molecular formula is C17H14FN3O. The Bertz CT molecular complexity index is 831. The third-order valence-electron chi connectivity index (χ3n) is 3.31. The van der Waals surface area contributed by atoms with Gasteiger partial charge in [0.25, 0.3) is 0 Å². The first-order chi connectivity index (χ1) is 10.6. The first kappa shape index (κ1) is 14.1. The minimum absolute atomic E-state index is 0.119. The van der Waals surface area contributed by atoms with Crippen LogP contribution in [0, 0.1) is 5.82 Å². The molecule has 1 N–H and O–H groups in total. The van der Waals surface area contributed by atoms with E-state index in [1.807, 2.05) is 18.2 Å². The van der Waals surface area contributed by atoms with Crippen LogP contribution in [0.25, 0.3) is 22.2 Å². The van der Waals surface area contributed by atoms with Crippen molar-refractivity contribution in [1.82, 2.24) is 15.3 Å². The Balaban J connectivity index is 2.13. The van der Waals surface area contributed by atoms with Crippen molar-refractivity contribution in [3.63, 3.8) is 0 Å². The molecule has 1 amide bonds. The molecule has 0 aliphatic carbocycles. The minimum atomic E-state index is -0.279. The second-order valence-corrected chi connectivity index (χ2v) is 4.95. The van der Waals surface area contributed by atoms with Gasteiger partial charge in [0.05, 0.1) is 12.2 Å². The van der Waals surface area contributed by atoms with E-state index in [-0.39, 0.29) is 11.7 Å². The van der Waals surface area contributed by atoms with Gasteiger partial charge in [0.2, 0.25) is 5.91 Å². The van der Waals surface area contributed by atoms with Gasteiger partial charge in [-0.2, -0.15) is 0 Å². The lowest BCUT2D eigenvalue weighted by Gasteiger charge is -2.10. The fraction of sp³-hybridized carbons (Fsp3) is 0.118. The molecule has 0 saturated heterocycles. The molecule has 0 aliphatic rings. The number of aromatic nitrogens is 2. The number of benzene rings is 1. The van der Waals surface area contributed by atoms with Crippen LogP contribution in [0.1, 0.15) is 12.6 Å². The maximum atomic E-state index is 13.1. The summed E-state index contributed by atoms with van der Waals surface area (Å²) in [6.45, 7) is 1.79. The van der Waals surface area contributed by atoms with Crippen molar-refractivity contribution in [3.05, 3.63) is 60.2 Å². The van der Waals surface area contributed by atoms with Gasteiger partial charge in [-0.05, 0) is 41.5 Å². The highest BCUT2D eigenvalue weighted by atomic mass is 19.1. The van der Waals surface area contributed by atoms with Gasteiger partial charge in [-0.25, -0.2) is 14.4 Å². The molecule has 0 aliphatic heterocycles. The lowest BCUT2D eigenvalue weighted by Crippen LogP contribution is -2.19. The molecule has 3 rings (SSSR count). The largest absolute Gasteiger partial charge is 0.351 e. The molecule has 0 bridgehead atoms. The number of halogens is 1. The van der Waals surface area contributed by atoms with Gasteiger partial charge in [-0.15, -0.1) is 0 Å². The third-order valence-corrected chi connectivity index (χ3v) is 3.31. The Morgan fingerprint density at radius 2 is 2.00 bits per heavy atom. The monoisotopic (exact) mass is 295 g/mol. The number of hydrogen-bond donors (Lipinski definition) is 1. The molecule has 2 aromatic heterocycles. The van der Waals surface area contributed by atoms with E-state index in [1.165, 1.54) is 19.1 Å². The van der Waals surface area contributed by atoms with Gasteiger partial charge < -0.3 is 5.32 Å². The van der Waals surface area contributed by atoms with E-state index in [0.717, 1.165) is 16.5 Å². The predicted octanol–water partition coefficient (Wildman–Crippen LogP) is 3.07. The number of carbonyl (C=O) groups is 1. The van der Waals surface area contributed by atoms with Crippen LogP contribution in [0.5, 0.6) is 0 Å². The summed E-state index contributed by atoms with van der Waals surface area (Å²) in [5.74, 6) is -0.398. The van der Waals surface area contributed by atoms with E-state index in [0.29, 0.717) is 17.9 Å². The van der Waals surface area contributed by atoms with Crippen LogP contribution in [0.3, 0.4) is 0 Å². The summed E-state index contributed by atoms with van der Waals surface area (Å²) in [6.07, 6.45) is 1.67. The standard InChI is InChI=1S/C17H14FN3O/c1-11(22)20-10-14-9-16(12-4-6-13(18)7-5-12)15-3-2-8-19-17(15)21-14/h2-9H,10H2,1H3,(H,20,22). The fourth-order valence-electron chi connectivity index (χ4n) is 2.28. The van der Waals surface area contributed by atoms with Gasteiger partial charge in [-0.1, -0.05) is 12.1 Å². The van der Waals surface area contributed by atoms with E-state index in [9.17, 15) is 9.18 Å². The number of amides is 1. The van der Waals surface area contributed by atoms with Crippen molar-refractivity contribution in [1.29, 1.82) is 0 Å². The summed E-state index contributed by atoms with van der Waals surface area (Å²) in [5, 5.41) is 3.61. The van der Waals surface area contributed by atoms with E-state index < -0.39 is 0 Å². The van der Waals surface area contributed by atoms with E-state index >= 15 is 0 Å². The molecule has 2 heterocycles. The topological polar surface area (TPSA) is 54.9 Å². The highest BCUT2D eigenvalue weighted by molar-refractivity contribution is 5.92. The summed E-state index contributed by atoms with van der Waals surface area (Å²) < 4.78 is 13.1. The molecule has 0 saturated carbocycles. The molecule has 4 nitrogen and oxygen atoms in total. The molecule has 3 aromatic rings. The second kappa shape index (κ2) is 5.89. The lowest BCUT2D eigenvalue weighted by atomic mass is 10.0. The maximum Gasteiger partial charge on any atom is 0.217 e. The Hall–Kier alpha value is -2.82. The Kier molecular flexibility index (Phi) is 3.78. The second-order valence-electron chi connectivity index (χ2n) is 4.95. The van der Waals surface area contributed by atoms with Crippen molar-refractivity contribution in [3.8, 4) is 11.1 Å². The number of pyridine rings is 2. The number of nitrogens with zero attached hydrogens (tertiary/aromatic N) is 2. The molecule has 0 atom stereocenters. The first-order valence-corrected chi connectivity index (χ1v) is 6.88. The Labute approximate surface area is 127 Å². The van der Waals surface area contributed by atoms with Crippen LogP contribution in [-0.2, 0) is 11.3 Å². The summed E-state index contributed by atoms with van der Waals surface area (Å²) in [4.78, 5) is 19.8. The molecule has 110 valence electrons. The van der Waals surface area contributed by atoms with E-state index in [2.05, 4.69) is 15.3 Å². The van der Waals surface area contributed by atoms with Crippen LogP contribution in [0.15, 0.2) is 48.7 Å². The highest BCUT2D eigenvalue weighted by Gasteiger charge is 2.09. The molecule has 22 heavy (non-hydrogen) atoms. The first-order valence-electron chi connectivity index (χ1n) is 6.88. The van der Waals surface area contributed by atoms with Crippen LogP contribution in [0.2, 0.25) is 0 Å². The quantitative estimate of drug-likeness (QED) is 0.808. The van der Waals surface area contributed by atoms with Crippen molar-refractivity contribution in [2.75, 3.05) is 0 Å². The van der Waals surface area contributed by atoms with Gasteiger partial charge in [0.15, 0.2) is 5.65 Å². The fourth-order valence-corrected chi connectivity index (χ4v) is 2.28. The van der Waals surface area contributed by atoms with Gasteiger partial charge in [-0.3, -0.25) is 4.79 Å². The van der Waals surface area contributed by atoms with Gasteiger partial charge in [0.1, 0.15) is 5.82 Å². The minimum Gasteiger partial charge on any atom is -0.351 e. The normalized spacial score (nSPS) is 10.6.